The highest BCUT2D eigenvalue weighted by Gasteiger charge is 2.09. The third-order valence-corrected chi connectivity index (χ3v) is 0.487. The van der Waals surface area contributed by atoms with Gasteiger partial charge in [-0.05, 0) is 10.1 Å². The van der Waals surface area contributed by atoms with Gasteiger partial charge in [-0.3, -0.25) is 0 Å². The van der Waals surface area contributed by atoms with E-state index >= 15 is 0 Å². The van der Waals surface area contributed by atoms with Crippen molar-refractivity contribution in [3.05, 3.63) is 16.3 Å². The first-order valence-corrected chi connectivity index (χ1v) is 1.65. The fourth-order valence-corrected chi connectivity index (χ4v) is 0.215. The predicted octanol–water partition coefficient (Wildman–Crippen LogP) is -0.222. The molecule has 1 rings (SSSR count). The van der Waals surface area contributed by atoms with Gasteiger partial charge in [-0.1, -0.05) is 0 Å². The molecule has 0 aliphatic carbocycles. The molecule has 1 aromatic heterocycles. The summed E-state index contributed by atoms with van der Waals surface area (Å²) in [5.74, 6) is -0.495. The molecule has 0 bridgehead atoms. The summed E-state index contributed by atoms with van der Waals surface area (Å²) >= 11 is 0. The highest BCUT2D eigenvalue weighted by Crippen LogP contribution is 1.98. The Morgan fingerprint density at radius 2 is 2.62 bits per heavy atom. The molecule has 8 heavy (non-hydrogen) atoms. The average molecular weight is 114 g/mol. The second-order valence-corrected chi connectivity index (χ2v) is 0.957. The SMILES string of the molecule is O=[N+]([O-])c1[c]non1. The lowest BCUT2D eigenvalue weighted by Crippen LogP contribution is -1.85. The lowest BCUT2D eigenvalue weighted by Gasteiger charge is -1.77. The van der Waals surface area contributed by atoms with Crippen LogP contribution in [0, 0.1) is 16.3 Å². The van der Waals surface area contributed by atoms with E-state index in [1.165, 1.54) is 0 Å². The first-order valence-electron chi connectivity index (χ1n) is 1.65. The van der Waals surface area contributed by atoms with E-state index in [1.807, 2.05) is 6.20 Å². The topological polar surface area (TPSA) is 82.1 Å². The van der Waals surface area contributed by atoms with Gasteiger partial charge in [0.25, 0.3) is 0 Å². The summed E-state index contributed by atoms with van der Waals surface area (Å²) in [6.45, 7) is 0. The molecule has 0 spiro atoms. The van der Waals surface area contributed by atoms with Gasteiger partial charge in [-0.15, -0.1) is 4.63 Å². The molecule has 41 valence electrons. The van der Waals surface area contributed by atoms with Crippen molar-refractivity contribution in [1.82, 2.24) is 10.3 Å². The summed E-state index contributed by atoms with van der Waals surface area (Å²) < 4.78 is 3.88. The summed E-state index contributed by atoms with van der Waals surface area (Å²) in [7, 11) is 0. The van der Waals surface area contributed by atoms with Gasteiger partial charge in [0, 0.05) is 0 Å². The number of hydrogen-bond donors (Lipinski definition) is 0. The smallest absolute Gasteiger partial charge is 0.358 e. The monoisotopic (exact) mass is 114 g/mol. The van der Waals surface area contributed by atoms with E-state index in [-0.39, 0.29) is 0 Å². The lowest BCUT2D eigenvalue weighted by atomic mass is 10.8. The van der Waals surface area contributed by atoms with Crippen LogP contribution in [0.2, 0.25) is 0 Å². The van der Waals surface area contributed by atoms with Crippen LogP contribution in [-0.4, -0.2) is 15.2 Å². The van der Waals surface area contributed by atoms with E-state index in [1.54, 1.807) is 0 Å². The summed E-state index contributed by atoms with van der Waals surface area (Å²) in [5, 5.41) is 15.4. The fourth-order valence-electron chi connectivity index (χ4n) is 0.215. The molecular formula is C2N3O3. The molecule has 1 heterocycles. The quantitative estimate of drug-likeness (QED) is 0.372. The minimum Gasteiger partial charge on any atom is -0.358 e. The van der Waals surface area contributed by atoms with E-state index < -0.39 is 10.7 Å². The van der Waals surface area contributed by atoms with E-state index in [0.717, 1.165) is 0 Å². The zero-order valence-electron chi connectivity index (χ0n) is 3.57. The molecule has 0 aliphatic rings. The summed E-state index contributed by atoms with van der Waals surface area (Å²) in [6.07, 6.45) is 1.91. The Kier molecular flexibility index (Phi) is 0.918. The molecule has 0 amide bonds. The Hall–Kier alpha value is -1.46. The van der Waals surface area contributed by atoms with Gasteiger partial charge in [0.1, 0.15) is 0 Å². The van der Waals surface area contributed by atoms with E-state index in [0.29, 0.717) is 0 Å². The number of hydrogen-bond acceptors (Lipinski definition) is 5. The van der Waals surface area contributed by atoms with Gasteiger partial charge in [-0.2, -0.15) is 0 Å². The van der Waals surface area contributed by atoms with Crippen LogP contribution in [-0.2, 0) is 0 Å². The molecule has 0 saturated heterocycles. The van der Waals surface area contributed by atoms with Crippen molar-refractivity contribution in [1.29, 1.82) is 0 Å². The Balaban J connectivity index is 2.93. The van der Waals surface area contributed by atoms with Crippen LogP contribution in [0.25, 0.3) is 0 Å². The van der Waals surface area contributed by atoms with Crippen LogP contribution < -0.4 is 0 Å². The summed E-state index contributed by atoms with van der Waals surface area (Å²) in [4.78, 5) is 8.93. The molecule has 0 unspecified atom stereocenters. The molecule has 1 aromatic rings. The van der Waals surface area contributed by atoms with Gasteiger partial charge >= 0.3 is 5.82 Å². The zero-order chi connectivity index (χ0) is 5.98. The average Bonchev–Trinajstić information content (AvgIpc) is 2.12. The van der Waals surface area contributed by atoms with Crippen LogP contribution in [0.5, 0.6) is 0 Å². The normalized spacial score (nSPS) is 9.00. The number of aromatic nitrogens is 2. The molecule has 0 N–H and O–H groups in total. The van der Waals surface area contributed by atoms with Gasteiger partial charge in [0.15, 0.2) is 5.16 Å². The maximum Gasteiger partial charge on any atom is 0.444 e. The largest absolute Gasteiger partial charge is 0.444 e. The van der Waals surface area contributed by atoms with Gasteiger partial charge in [0.05, 0.1) is 0 Å². The standard InChI is InChI=1S/C2N3O3/c6-5(7)2-1-3-8-4-2. The van der Waals surface area contributed by atoms with Crippen LogP contribution in [0.4, 0.5) is 5.82 Å². The molecule has 0 saturated carbocycles. The molecule has 6 heteroatoms. The maximum absolute atomic E-state index is 9.67. The molecule has 0 aliphatic heterocycles. The Morgan fingerprint density at radius 3 is 2.88 bits per heavy atom. The number of nitrogens with zero attached hydrogens (tertiary/aromatic N) is 3. The van der Waals surface area contributed by atoms with Crippen molar-refractivity contribution in [2.75, 3.05) is 0 Å². The molecule has 0 atom stereocenters. The summed E-state index contributed by atoms with van der Waals surface area (Å²) in [5.41, 5.74) is 0. The molecule has 0 fully saturated rings. The van der Waals surface area contributed by atoms with Crippen molar-refractivity contribution in [2.45, 2.75) is 0 Å². The maximum atomic E-state index is 9.67. The predicted molar refractivity (Wildman–Crippen MR) is 19.8 cm³/mol. The number of rotatable bonds is 1. The Labute approximate surface area is 43.2 Å². The van der Waals surface area contributed by atoms with Crippen molar-refractivity contribution in [3.8, 4) is 0 Å². The van der Waals surface area contributed by atoms with Crippen molar-refractivity contribution in [2.24, 2.45) is 0 Å². The van der Waals surface area contributed by atoms with Gasteiger partial charge in [-0.25, -0.2) is 0 Å². The van der Waals surface area contributed by atoms with Crippen molar-refractivity contribution < 1.29 is 9.55 Å². The van der Waals surface area contributed by atoms with E-state index in [9.17, 15) is 10.1 Å². The second-order valence-electron chi connectivity index (χ2n) is 0.957. The molecule has 0 aromatic carbocycles. The Bertz CT molecular complexity index is 180. The number of nitro groups is 1. The van der Waals surface area contributed by atoms with Crippen LogP contribution >= 0.6 is 0 Å². The van der Waals surface area contributed by atoms with Crippen LogP contribution in [0.15, 0.2) is 4.63 Å². The fraction of sp³-hybridized carbons (Fsp3) is 0. The molecule has 1 radical (unpaired) electrons. The highest BCUT2D eigenvalue weighted by molar-refractivity contribution is 5.03. The first-order chi connectivity index (χ1) is 3.80. The third kappa shape index (κ3) is 0.625. The van der Waals surface area contributed by atoms with E-state index in [2.05, 4.69) is 14.9 Å². The first kappa shape index (κ1) is 4.69. The third-order valence-electron chi connectivity index (χ3n) is 0.487. The van der Waals surface area contributed by atoms with E-state index in [4.69, 9.17) is 0 Å². The molecular weight excluding hydrogens is 114 g/mol. The lowest BCUT2D eigenvalue weighted by molar-refractivity contribution is -0.391. The summed E-state index contributed by atoms with van der Waals surface area (Å²) in [6, 6.07) is 0. The second kappa shape index (κ2) is 1.57. The van der Waals surface area contributed by atoms with Crippen LogP contribution in [0.3, 0.4) is 0 Å². The zero-order valence-corrected chi connectivity index (χ0v) is 3.57. The minimum absolute atomic E-state index is 0.495. The van der Waals surface area contributed by atoms with Crippen LogP contribution in [0.1, 0.15) is 0 Å². The van der Waals surface area contributed by atoms with Crippen molar-refractivity contribution in [3.63, 3.8) is 0 Å². The molecule has 6 nitrogen and oxygen atoms in total. The highest BCUT2D eigenvalue weighted by atomic mass is 16.6. The Morgan fingerprint density at radius 1 is 1.88 bits per heavy atom. The van der Waals surface area contributed by atoms with Gasteiger partial charge in [0.2, 0.25) is 6.20 Å². The van der Waals surface area contributed by atoms with Gasteiger partial charge < -0.3 is 10.1 Å². The minimum atomic E-state index is -0.740. The van der Waals surface area contributed by atoms with Crippen molar-refractivity contribution >= 4 is 5.82 Å².